The fourth-order valence-corrected chi connectivity index (χ4v) is 4.66. The molecular weight excluding hydrogens is 382 g/mol. The molecule has 8 heteroatoms. The lowest BCUT2D eigenvalue weighted by atomic mass is 10.3. The number of rotatable bonds is 5. The number of carbonyl (C=O) groups excluding carboxylic acids is 3. The Bertz CT molecular complexity index is 986. The van der Waals surface area contributed by atoms with Crippen molar-refractivity contribution in [3.63, 3.8) is 0 Å². The van der Waals surface area contributed by atoms with E-state index in [-0.39, 0.29) is 29.9 Å². The SMILES string of the molecule is O=C(CS[C@H]1CC(=O)N(c2ccccc2)C1=O)Nc1nc2ccccc2s1. The number of nitrogens with one attached hydrogen (secondary N) is 1. The van der Waals surface area contributed by atoms with E-state index < -0.39 is 5.25 Å². The third-order valence-corrected chi connectivity index (χ3v) is 6.23. The molecule has 0 bridgehead atoms. The zero-order chi connectivity index (χ0) is 18.8. The first kappa shape index (κ1) is 17.7. The van der Waals surface area contributed by atoms with Crippen molar-refractivity contribution >= 4 is 61.9 Å². The normalized spacial score (nSPS) is 16.9. The van der Waals surface area contributed by atoms with Crippen molar-refractivity contribution in [2.45, 2.75) is 11.7 Å². The van der Waals surface area contributed by atoms with Crippen LogP contribution in [0.25, 0.3) is 10.2 Å². The second-order valence-corrected chi connectivity index (χ2v) is 8.16. The Morgan fingerprint density at radius 3 is 2.67 bits per heavy atom. The van der Waals surface area contributed by atoms with Gasteiger partial charge in [-0.2, -0.15) is 0 Å². The van der Waals surface area contributed by atoms with Crippen molar-refractivity contribution < 1.29 is 14.4 Å². The molecule has 0 radical (unpaired) electrons. The Morgan fingerprint density at radius 1 is 1.15 bits per heavy atom. The van der Waals surface area contributed by atoms with Gasteiger partial charge in [0, 0.05) is 6.42 Å². The number of aromatic nitrogens is 1. The molecule has 0 unspecified atom stereocenters. The highest BCUT2D eigenvalue weighted by Crippen LogP contribution is 2.30. The molecule has 6 nitrogen and oxygen atoms in total. The van der Waals surface area contributed by atoms with Gasteiger partial charge in [0.2, 0.25) is 17.7 Å². The van der Waals surface area contributed by atoms with Crippen LogP contribution in [0.1, 0.15) is 6.42 Å². The molecule has 1 aliphatic rings. The molecule has 3 amide bonds. The van der Waals surface area contributed by atoms with E-state index in [2.05, 4.69) is 10.3 Å². The predicted octanol–water partition coefficient (Wildman–Crippen LogP) is 3.30. The van der Waals surface area contributed by atoms with Crippen LogP contribution in [-0.4, -0.2) is 33.7 Å². The molecule has 1 atom stereocenters. The Hall–Kier alpha value is -2.71. The molecular formula is C19H15N3O3S2. The number of thiazole rings is 1. The summed E-state index contributed by atoms with van der Waals surface area (Å²) < 4.78 is 0.996. The summed E-state index contributed by atoms with van der Waals surface area (Å²) in [6, 6.07) is 16.5. The van der Waals surface area contributed by atoms with E-state index in [0.29, 0.717) is 10.8 Å². The lowest BCUT2D eigenvalue weighted by Gasteiger charge is -2.14. The molecule has 2 heterocycles. The highest BCUT2D eigenvalue weighted by molar-refractivity contribution is 8.01. The van der Waals surface area contributed by atoms with Crippen LogP contribution >= 0.6 is 23.1 Å². The number of thioether (sulfide) groups is 1. The second kappa shape index (κ2) is 7.50. The van der Waals surface area contributed by atoms with E-state index in [1.807, 2.05) is 30.3 Å². The summed E-state index contributed by atoms with van der Waals surface area (Å²) in [6.45, 7) is 0. The van der Waals surface area contributed by atoms with Crippen molar-refractivity contribution in [2.24, 2.45) is 0 Å². The van der Waals surface area contributed by atoms with Gasteiger partial charge in [-0.15, -0.1) is 11.8 Å². The smallest absolute Gasteiger partial charge is 0.247 e. The number of benzene rings is 2. The first-order chi connectivity index (χ1) is 13.1. The van der Waals surface area contributed by atoms with Crippen molar-refractivity contribution in [3.8, 4) is 0 Å². The third kappa shape index (κ3) is 3.72. The predicted molar refractivity (Wildman–Crippen MR) is 108 cm³/mol. The zero-order valence-corrected chi connectivity index (χ0v) is 15.8. The first-order valence-electron chi connectivity index (χ1n) is 8.31. The summed E-state index contributed by atoms with van der Waals surface area (Å²) in [6.07, 6.45) is 0.104. The molecule has 4 rings (SSSR count). The average molecular weight is 397 g/mol. The summed E-state index contributed by atoms with van der Waals surface area (Å²) in [5.74, 6) is -0.667. The number of nitrogens with zero attached hydrogens (tertiary/aromatic N) is 2. The van der Waals surface area contributed by atoms with Gasteiger partial charge in [-0.1, -0.05) is 41.7 Å². The molecule has 27 heavy (non-hydrogen) atoms. The van der Waals surface area contributed by atoms with Crippen LogP contribution in [0.2, 0.25) is 0 Å². The topological polar surface area (TPSA) is 79.4 Å². The van der Waals surface area contributed by atoms with Crippen LogP contribution in [-0.2, 0) is 14.4 Å². The van der Waals surface area contributed by atoms with Crippen LogP contribution < -0.4 is 10.2 Å². The van der Waals surface area contributed by atoms with Crippen molar-refractivity contribution in [1.29, 1.82) is 0 Å². The van der Waals surface area contributed by atoms with Crippen LogP contribution in [0.15, 0.2) is 54.6 Å². The fourth-order valence-electron chi connectivity index (χ4n) is 2.84. The average Bonchev–Trinajstić information content (AvgIpc) is 3.20. The fraction of sp³-hybridized carbons (Fsp3) is 0.158. The van der Waals surface area contributed by atoms with E-state index in [1.165, 1.54) is 28.0 Å². The Balaban J connectivity index is 1.36. The van der Waals surface area contributed by atoms with E-state index >= 15 is 0 Å². The molecule has 1 saturated heterocycles. The number of imide groups is 1. The van der Waals surface area contributed by atoms with Crippen LogP contribution in [0.4, 0.5) is 10.8 Å². The van der Waals surface area contributed by atoms with Crippen LogP contribution in [0, 0.1) is 0 Å². The summed E-state index contributed by atoms with van der Waals surface area (Å²) in [5.41, 5.74) is 1.40. The molecule has 0 aliphatic carbocycles. The number of amides is 3. The maximum Gasteiger partial charge on any atom is 0.247 e. The van der Waals surface area contributed by atoms with Gasteiger partial charge < -0.3 is 5.32 Å². The second-order valence-electron chi connectivity index (χ2n) is 5.94. The van der Waals surface area contributed by atoms with Gasteiger partial charge >= 0.3 is 0 Å². The van der Waals surface area contributed by atoms with Crippen molar-refractivity contribution in [3.05, 3.63) is 54.6 Å². The Kier molecular flexibility index (Phi) is 4.91. The van der Waals surface area contributed by atoms with Gasteiger partial charge in [-0.05, 0) is 24.3 Å². The monoisotopic (exact) mass is 397 g/mol. The number of hydrogen-bond donors (Lipinski definition) is 1. The molecule has 0 saturated carbocycles. The first-order valence-corrected chi connectivity index (χ1v) is 10.2. The standard InChI is InChI=1S/C19H15N3O3S2/c23-16(21-19-20-13-8-4-5-9-14(13)27-19)11-26-15-10-17(24)22(18(15)25)12-6-2-1-3-7-12/h1-9,15H,10-11H2,(H,20,21,23)/t15-/m0/s1. The molecule has 1 aromatic heterocycles. The van der Waals surface area contributed by atoms with Crippen molar-refractivity contribution in [1.82, 2.24) is 4.98 Å². The number of anilines is 2. The van der Waals surface area contributed by atoms with Gasteiger partial charge in [-0.3, -0.25) is 14.4 Å². The molecule has 1 fully saturated rings. The number of para-hydroxylation sites is 2. The molecule has 1 N–H and O–H groups in total. The quantitative estimate of drug-likeness (QED) is 0.668. The Labute approximate surface area is 163 Å². The lowest BCUT2D eigenvalue weighted by Crippen LogP contribution is -2.31. The van der Waals surface area contributed by atoms with E-state index in [1.54, 1.807) is 24.3 Å². The molecule has 3 aromatic rings. The minimum Gasteiger partial charge on any atom is -0.301 e. The number of hydrogen-bond acceptors (Lipinski definition) is 6. The van der Waals surface area contributed by atoms with E-state index in [9.17, 15) is 14.4 Å². The van der Waals surface area contributed by atoms with Gasteiger partial charge in [0.05, 0.1) is 26.9 Å². The number of carbonyl (C=O) groups is 3. The Morgan fingerprint density at radius 2 is 1.89 bits per heavy atom. The molecule has 2 aromatic carbocycles. The lowest BCUT2D eigenvalue weighted by molar-refractivity contribution is -0.121. The zero-order valence-electron chi connectivity index (χ0n) is 14.1. The largest absolute Gasteiger partial charge is 0.301 e. The highest BCUT2D eigenvalue weighted by atomic mass is 32.2. The maximum atomic E-state index is 12.5. The summed E-state index contributed by atoms with van der Waals surface area (Å²) in [5, 5.41) is 2.75. The van der Waals surface area contributed by atoms with Crippen molar-refractivity contribution in [2.75, 3.05) is 16.0 Å². The minimum absolute atomic E-state index is 0.0856. The summed E-state index contributed by atoms with van der Waals surface area (Å²) >= 11 is 2.58. The van der Waals surface area contributed by atoms with E-state index in [4.69, 9.17) is 0 Å². The van der Waals surface area contributed by atoms with Crippen LogP contribution in [0.3, 0.4) is 0 Å². The minimum atomic E-state index is -0.543. The third-order valence-electron chi connectivity index (χ3n) is 4.08. The van der Waals surface area contributed by atoms with Gasteiger partial charge in [0.15, 0.2) is 5.13 Å². The molecule has 1 aliphatic heterocycles. The summed E-state index contributed by atoms with van der Waals surface area (Å²) in [4.78, 5) is 42.5. The van der Waals surface area contributed by atoms with Crippen LogP contribution in [0.5, 0.6) is 0 Å². The maximum absolute atomic E-state index is 12.5. The number of fused-ring (bicyclic) bond motifs is 1. The molecule has 0 spiro atoms. The summed E-state index contributed by atoms with van der Waals surface area (Å²) in [7, 11) is 0. The highest BCUT2D eigenvalue weighted by Gasteiger charge is 2.39. The van der Waals surface area contributed by atoms with E-state index in [0.717, 1.165) is 10.2 Å². The van der Waals surface area contributed by atoms with Gasteiger partial charge in [0.1, 0.15) is 0 Å². The molecule has 136 valence electrons. The van der Waals surface area contributed by atoms with Gasteiger partial charge in [0.25, 0.3) is 0 Å². The van der Waals surface area contributed by atoms with Gasteiger partial charge in [-0.25, -0.2) is 9.88 Å².